The molecule has 2 N–H and O–H groups in total. The summed E-state index contributed by atoms with van der Waals surface area (Å²) in [5.41, 5.74) is 1.23. The Balaban J connectivity index is 1.32. The van der Waals surface area contributed by atoms with Crippen LogP contribution >= 0.6 is 11.3 Å². The van der Waals surface area contributed by atoms with E-state index in [1.165, 1.54) is 17.7 Å². The maximum Gasteiger partial charge on any atom is 0.240 e. The lowest BCUT2D eigenvalue weighted by molar-refractivity contribution is -0.121. The molecule has 30 heavy (non-hydrogen) atoms. The van der Waals surface area contributed by atoms with Crippen molar-refractivity contribution in [2.45, 2.75) is 50.0 Å². The molecule has 3 rings (SSSR count). The zero-order valence-electron chi connectivity index (χ0n) is 17.1. The van der Waals surface area contributed by atoms with Crippen LogP contribution in [0.1, 0.15) is 38.2 Å². The number of hydrogen-bond acceptors (Lipinski definition) is 6. The van der Waals surface area contributed by atoms with Gasteiger partial charge in [0.25, 0.3) is 0 Å². The molecule has 1 aromatic heterocycles. The third kappa shape index (κ3) is 6.72. The molecule has 1 aliphatic rings. The summed E-state index contributed by atoms with van der Waals surface area (Å²) in [5, 5.41) is 7.14. The third-order valence-corrected chi connectivity index (χ3v) is 6.92. The molecule has 0 spiro atoms. The van der Waals surface area contributed by atoms with Gasteiger partial charge in [-0.25, -0.2) is 13.1 Å². The third-order valence-electron chi connectivity index (χ3n) is 4.73. The number of rotatable bonds is 11. The Labute approximate surface area is 181 Å². The maximum absolute atomic E-state index is 12.4. The van der Waals surface area contributed by atoms with Crippen LogP contribution in [0.15, 0.2) is 39.9 Å². The first kappa shape index (κ1) is 22.6. The fourth-order valence-corrected chi connectivity index (χ4v) is 5.00. The molecule has 9 heteroatoms. The Hall–Kier alpha value is -2.10. The van der Waals surface area contributed by atoms with Crippen molar-refractivity contribution >= 4 is 27.3 Å². The fraction of sp³-hybridized carbons (Fsp3) is 0.476. The SMILES string of the molecule is CC(Cc1ccsc1)NC(=O)CCCCCNS(=O)(=O)c1ccc2c(c1)OCCO2. The van der Waals surface area contributed by atoms with E-state index in [1.807, 2.05) is 12.3 Å². The molecule has 164 valence electrons. The summed E-state index contributed by atoms with van der Waals surface area (Å²) in [7, 11) is -3.60. The highest BCUT2D eigenvalue weighted by atomic mass is 32.2. The van der Waals surface area contributed by atoms with E-state index in [9.17, 15) is 13.2 Å². The second-order valence-corrected chi connectivity index (χ2v) is 9.87. The van der Waals surface area contributed by atoms with Crippen LogP contribution < -0.4 is 19.5 Å². The van der Waals surface area contributed by atoms with Crippen LogP contribution in [0.4, 0.5) is 0 Å². The number of amides is 1. The van der Waals surface area contributed by atoms with Gasteiger partial charge in [-0.2, -0.15) is 11.3 Å². The van der Waals surface area contributed by atoms with E-state index in [1.54, 1.807) is 17.4 Å². The van der Waals surface area contributed by atoms with Gasteiger partial charge in [-0.05, 0) is 60.7 Å². The van der Waals surface area contributed by atoms with Crippen molar-refractivity contribution in [3.63, 3.8) is 0 Å². The van der Waals surface area contributed by atoms with Crippen molar-refractivity contribution in [2.75, 3.05) is 19.8 Å². The van der Waals surface area contributed by atoms with E-state index in [2.05, 4.69) is 21.5 Å². The molecule has 0 aliphatic carbocycles. The van der Waals surface area contributed by atoms with Crippen LogP contribution in [-0.2, 0) is 21.2 Å². The van der Waals surface area contributed by atoms with Gasteiger partial charge in [0.05, 0.1) is 4.90 Å². The summed E-state index contributed by atoms with van der Waals surface area (Å²) in [4.78, 5) is 12.2. The molecule has 1 aliphatic heterocycles. The molecule has 0 fully saturated rings. The molecule has 0 saturated carbocycles. The smallest absolute Gasteiger partial charge is 0.240 e. The molecule has 0 bridgehead atoms. The van der Waals surface area contributed by atoms with Crippen molar-refractivity contribution in [2.24, 2.45) is 0 Å². The highest BCUT2D eigenvalue weighted by Crippen LogP contribution is 2.32. The number of nitrogens with one attached hydrogen (secondary N) is 2. The van der Waals surface area contributed by atoms with Crippen molar-refractivity contribution in [3.05, 3.63) is 40.6 Å². The Morgan fingerprint density at radius 1 is 1.13 bits per heavy atom. The van der Waals surface area contributed by atoms with Gasteiger partial charge in [-0.1, -0.05) is 6.42 Å². The van der Waals surface area contributed by atoms with Crippen LogP contribution in [0.25, 0.3) is 0 Å². The predicted octanol–water partition coefficient (Wildman–Crippen LogP) is 3.11. The van der Waals surface area contributed by atoms with Gasteiger partial charge in [-0.3, -0.25) is 4.79 Å². The highest BCUT2D eigenvalue weighted by molar-refractivity contribution is 7.89. The van der Waals surface area contributed by atoms with Gasteiger partial charge in [0, 0.05) is 25.1 Å². The van der Waals surface area contributed by atoms with Crippen molar-refractivity contribution in [3.8, 4) is 11.5 Å². The fourth-order valence-electron chi connectivity index (χ4n) is 3.23. The number of sulfonamides is 1. The first-order chi connectivity index (χ1) is 14.4. The number of benzene rings is 1. The summed E-state index contributed by atoms with van der Waals surface area (Å²) in [5.74, 6) is 1.04. The first-order valence-corrected chi connectivity index (χ1v) is 12.6. The molecular formula is C21H28N2O5S2. The summed E-state index contributed by atoms with van der Waals surface area (Å²) in [6, 6.07) is 6.78. The molecule has 0 saturated heterocycles. The summed E-state index contributed by atoms with van der Waals surface area (Å²) in [6.07, 6.45) is 3.44. The van der Waals surface area contributed by atoms with Crippen molar-refractivity contribution < 1.29 is 22.7 Å². The van der Waals surface area contributed by atoms with Gasteiger partial charge in [0.1, 0.15) is 13.2 Å². The van der Waals surface area contributed by atoms with Gasteiger partial charge >= 0.3 is 0 Å². The summed E-state index contributed by atoms with van der Waals surface area (Å²) < 4.78 is 38.3. The predicted molar refractivity (Wildman–Crippen MR) is 117 cm³/mol. The van der Waals surface area contributed by atoms with E-state index in [-0.39, 0.29) is 16.8 Å². The minimum Gasteiger partial charge on any atom is -0.486 e. The first-order valence-electron chi connectivity index (χ1n) is 10.1. The highest BCUT2D eigenvalue weighted by Gasteiger charge is 2.19. The Bertz CT molecular complexity index is 929. The zero-order valence-corrected chi connectivity index (χ0v) is 18.7. The van der Waals surface area contributed by atoms with E-state index in [4.69, 9.17) is 9.47 Å². The molecule has 1 atom stereocenters. The van der Waals surface area contributed by atoms with Gasteiger partial charge in [0.15, 0.2) is 11.5 Å². The number of hydrogen-bond donors (Lipinski definition) is 2. The molecule has 1 amide bonds. The Morgan fingerprint density at radius 3 is 2.70 bits per heavy atom. The number of unbranched alkanes of at least 4 members (excludes halogenated alkanes) is 2. The van der Waals surface area contributed by atoms with E-state index >= 15 is 0 Å². The monoisotopic (exact) mass is 452 g/mol. The number of carbonyl (C=O) groups is 1. The number of thiophene rings is 1. The summed E-state index contributed by atoms with van der Waals surface area (Å²) in [6.45, 7) is 3.20. The Kier molecular flexibility index (Phi) is 8.12. The van der Waals surface area contributed by atoms with Crippen molar-refractivity contribution in [1.82, 2.24) is 10.0 Å². The molecular weight excluding hydrogens is 424 g/mol. The van der Waals surface area contributed by atoms with Gasteiger partial charge < -0.3 is 14.8 Å². The number of fused-ring (bicyclic) bond motifs is 1. The second-order valence-electron chi connectivity index (χ2n) is 7.32. The van der Waals surface area contributed by atoms with Crippen molar-refractivity contribution in [1.29, 1.82) is 0 Å². The average Bonchev–Trinajstić information content (AvgIpc) is 3.23. The minimum atomic E-state index is -3.60. The van der Waals surface area contributed by atoms with Crippen LogP contribution in [0, 0.1) is 0 Å². The van der Waals surface area contributed by atoms with Crippen LogP contribution in [0.3, 0.4) is 0 Å². The van der Waals surface area contributed by atoms with E-state index < -0.39 is 10.0 Å². The Morgan fingerprint density at radius 2 is 1.93 bits per heavy atom. The maximum atomic E-state index is 12.4. The summed E-state index contributed by atoms with van der Waals surface area (Å²) >= 11 is 1.65. The lowest BCUT2D eigenvalue weighted by Gasteiger charge is -2.18. The normalized spacial score (nSPS) is 14.3. The quantitative estimate of drug-likeness (QED) is 0.511. The topological polar surface area (TPSA) is 93.7 Å². The molecule has 2 aromatic rings. The second kappa shape index (κ2) is 10.8. The van der Waals surface area contributed by atoms with E-state index in [0.29, 0.717) is 44.1 Å². The molecule has 1 unspecified atom stereocenters. The van der Waals surface area contributed by atoms with Gasteiger partial charge in [-0.15, -0.1) is 0 Å². The zero-order chi connectivity index (χ0) is 21.4. The molecule has 7 nitrogen and oxygen atoms in total. The number of ether oxygens (including phenoxy) is 2. The largest absolute Gasteiger partial charge is 0.486 e. The molecule has 2 heterocycles. The molecule has 0 radical (unpaired) electrons. The van der Waals surface area contributed by atoms with Crippen LogP contribution in [0.5, 0.6) is 11.5 Å². The standard InChI is InChI=1S/C21H28N2O5S2/c1-16(13-17-8-12-29-15-17)23-21(24)5-3-2-4-9-22-30(25,26)18-6-7-19-20(14-18)28-11-10-27-19/h6-8,12,14-16,22H,2-5,9-11,13H2,1H3,(H,23,24). The van der Waals surface area contributed by atoms with Crippen LogP contribution in [-0.4, -0.2) is 40.1 Å². The lowest BCUT2D eigenvalue weighted by Crippen LogP contribution is -2.33. The minimum absolute atomic E-state index is 0.0367. The van der Waals surface area contributed by atoms with E-state index in [0.717, 1.165) is 19.3 Å². The molecule has 1 aromatic carbocycles. The van der Waals surface area contributed by atoms with Crippen LogP contribution in [0.2, 0.25) is 0 Å². The lowest BCUT2D eigenvalue weighted by atomic mass is 10.1. The van der Waals surface area contributed by atoms with Gasteiger partial charge in [0.2, 0.25) is 15.9 Å². The average molecular weight is 453 g/mol. The number of carbonyl (C=O) groups excluding carboxylic acids is 1.